The van der Waals surface area contributed by atoms with E-state index in [-0.39, 0.29) is 5.91 Å². The quantitative estimate of drug-likeness (QED) is 0.892. The van der Waals surface area contributed by atoms with Crippen molar-refractivity contribution in [3.8, 4) is 0 Å². The zero-order valence-corrected chi connectivity index (χ0v) is 12.9. The van der Waals surface area contributed by atoms with E-state index in [0.29, 0.717) is 38.3 Å². The number of likely N-dealkylation sites (tertiary alicyclic amines) is 1. The molecule has 23 heavy (non-hydrogen) atoms. The number of hydrogen-bond acceptors (Lipinski definition) is 5. The first-order valence-corrected chi connectivity index (χ1v) is 7.72. The highest BCUT2D eigenvalue weighted by molar-refractivity contribution is 5.91. The SMILES string of the molecule is O=C(CN1CCC(O)(c2cccnc2)CC1)Nc1ccccn1. The molecule has 1 amide bonds. The van der Waals surface area contributed by atoms with Crippen LogP contribution in [0, 0.1) is 0 Å². The molecule has 2 N–H and O–H groups in total. The van der Waals surface area contributed by atoms with Crippen LogP contribution in [0.2, 0.25) is 0 Å². The number of aliphatic hydroxyl groups is 1. The third-order valence-corrected chi connectivity index (χ3v) is 4.18. The molecule has 0 atom stereocenters. The minimum Gasteiger partial charge on any atom is -0.385 e. The largest absolute Gasteiger partial charge is 0.385 e. The number of amides is 1. The Hall–Kier alpha value is -2.31. The molecule has 6 nitrogen and oxygen atoms in total. The lowest BCUT2D eigenvalue weighted by Gasteiger charge is -2.38. The summed E-state index contributed by atoms with van der Waals surface area (Å²) in [5.74, 6) is 0.469. The molecule has 2 aromatic heterocycles. The number of carbonyl (C=O) groups is 1. The van der Waals surface area contributed by atoms with Gasteiger partial charge in [-0.15, -0.1) is 0 Å². The molecule has 1 aliphatic heterocycles. The Labute approximate surface area is 135 Å². The van der Waals surface area contributed by atoms with Crippen LogP contribution in [0.4, 0.5) is 5.82 Å². The minimum absolute atomic E-state index is 0.0875. The van der Waals surface area contributed by atoms with E-state index >= 15 is 0 Å². The second kappa shape index (κ2) is 6.85. The van der Waals surface area contributed by atoms with Crippen LogP contribution < -0.4 is 5.32 Å². The van der Waals surface area contributed by atoms with E-state index in [1.54, 1.807) is 30.7 Å². The number of carbonyl (C=O) groups excluding carboxylic acids is 1. The van der Waals surface area contributed by atoms with Gasteiger partial charge in [-0.3, -0.25) is 14.7 Å². The number of hydrogen-bond donors (Lipinski definition) is 2. The molecule has 3 rings (SSSR count). The van der Waals surface area contributed by atoms with Gasteiger partial charge in [-0.2, -0.15) is 0 Å². The van der Waals surface area contributed by atoms with Gasteiger partial charge in [0.1, 0.15) is 5.82 Å². The highest BCUT2D eigenvalue weighted by Crippen LogP contribution is 2.32. The summed E-state index contributed by atoms with van der Waals surface area (Å²) in [6.45, 7) is 1.64. The number of nitrogens with zero attached hydrogens (tertiary/aromatic N) is 3. The second-order valence-corrected chi connectivity index (χ2v) is 5.81. The van der Waals surface area contributed by atoms with Crippen molar-refractivity contribution in [2.45, 2.75) is 18.4 Å². The molecule has 1 saturated heterocycles. The van der Waals surface area contributed by atoms with Crippen LogP contribution in [0.5, 0.6) is 0 Å². The maximum absolute atomic E-state index is 12.0. The summed E-state index contributed by atoms with van der Waals surface area (Å²) in [6.07, 6.45) is 6.24. The Morgan fingerprint density at radius 2 is 2.04 bits per heavy atom. The average molecular weight is 312 g/mol. The Morgan fingerprint density at radius 3 is 2.70 bits per heavy atom. The van der Waals surface area contributed by atoms with E-state index in [9.17, 15) is 9.90 Å². The molecule has 3 heterocycles. The minimum atomic E-state index is -0.845. The standard InChI is InChI=1S/C17H20N4O2/c22-16(20-15-5-1-2-9-19-15)13-21-10-6-17(23,7-11-21)14-4-3-8-18-12-14/h1-5,8-9,12,23H,6-7,10-11,13H2,(H,19,20,22). The van der Waals surface area contributed by atoms with Crippen molar-refractivity contribution in [2.24, 2.45) is 0 Å². The molecule has 0 radical (unpaired) electrons. The molecular formula is C17H20N4O2. The van der Waals surface area contributed by atoms with Gasteiger partial charge in [0.25, 0.3) is 0 Å². The molecule has 6 heteroatoms. The van der Waals surface area contributed by atoms with Gasteiger partial charge >= 0.3 is 0 Å². The maximum Gasteiger partial charge on any atom is 0.239 e. The van der Waals surface area contributed by atoms with E-state index in [4.69, 9.17) is 0 Å². The van der Waals surface area contributed by atoms with Crippen molar-refractivity contribution in [1.29, 1.82) is 0 Å². The van der Waals surface area contributed by atoms with Gasteiger partial charge < -0.3 is 10.4 Å². The lowest BCUT2D eigenvalue weighted by Crippen LogP contribution is -2.45. The normalized spacial score (nSPS) is 17.6. The van der Waals surface area contributed by atoms with Crippen molar-refractivity contribution >= 4 is 11.7 Å². The lowest BCUT2D eigenvalue weighted by molar-refractivity contribution is -0.118. The summed E-state index contributed by atoms with van der Waals surface area (Å²) in [4.78, 5) is 22.2. The van der Waals surface area contributed by atoms with Gasteiger partial charge in [-0.05, 0) is 31.0 Å². The predicted molar refractivity (Wildman–Crippen MR) is 86.7 cm³/mol. The van der Waals surface area contributed by atoms with E-state index in [1.807, 2.05) is 23.1 Å². The van der Waals surface area contributed by atoms with Crippen molar-refractivity contribution in [3.63, 3.8) is 0 Å². The summed E-state index contributed by atoms with van der Waals surface area (Å²) in [6, 6.07) is 9.13. The third kappa shape index (κ3) is 3.91. The summed E-state index contributed by atoms with van der Waals surface area (Å²) < 4.78 is 0. The average Bonchev–Trinajstić information content (AvgIpc) is 2.59. The van der Waals surface area contributed by atoms with Gasteiger partial charge in [0.05, 0.1) is 12.1 Å². The third-order valence-electron chi connectivity index (χ3n) is 4.18. The smallest absolute Gasteiger partial charge is 0.239 e. The van der Waals surface area contributed by atoms with Crippen LogP contribution >= 0.6 is 0 Å². The molecular weight excluding hydrogens is 292 g/mol. The van der Waals surface area contributed by atoms with Crippen molar-refractivity contribution in [3.05, 3.63) is 54.5 Å². The van der Waals surface area contributed by atoms with Crippen LogP contribution in [0.3, 0.4) is 0 Å². The summed E-state index contributed by atoms with van der Waals surface area (Å²) in [5.41, 5.74) is -0.0000300. The Kier molecular flexibility index (Phi) is 4.64. The molecule has 0 saturated carbocycles. The zero-order chi connectivity index (χ0) is 16.1. The number of nitrogens with one attached hydrogen (secondary N) is 1. The predicted octanol–water partition coefficient (Wildman–Crippen LogP) is 1.40. The van der Waals surface area contributed by atoms with E-state index in [2.05, 4.69) is 15.3 Å². The lowest BCUT2D eigenvalue weighted by atomic mass is 9.85. The first-order chi connectivity index (χ1) is 11.2. The van der Waals surface area contributed by atoms with Gasteiger partial charge in [-0.25, -0.2) is 4.98 Å². The first-order valence-electron chi connectivity index (χ1n) is 7.72. The van der Waals surface area contributed by atoms with Crippen molar-refractivity contribution in [2.75, 3.05) is 25.0 Å². The van der Waals surface area contributed by atoms with Crippen molar-refractivity contribution in [1.82, 2.24) is 14.9 Å². The highest BCUT2D eigenvalue weighted by atomic mass is 16.3. The molecule has 2 aromatic rings. The number of rotatable bonds is 4. The van der Waals surface area contributed by atoms with Gasteiger partial charge in [0.2, 0.25) is 5.91 Å². The van der Waals surface area contributed by atoms with Crippen LogP contribution in [-0.2, 0) is 10.4 Å². The fourth-order valence-electron chi connectivity index (χ4n) is 2.83. The second-order valence-electron chi connectivity index (χ2n) is 5.81. The molecule has 0 aromatic carbocycles. The summed E-state index contributed by atoms with van der Waals surface area (Å²) in [5, 5.41) is 13.5. The Balaban J connectivity index is 1.52. The number of piperidine rings is 1. The summed E-state index contributed by atoms with van der Waals surface area (Å²) in [7, 11) is 0. The van der Waals surface area contributed by atoms with E-state index in [0.717, 1.165) is 5.56 Å². The molecule has 0 unspecified atom stereocenters. The molecule has 1 fully saturated rings. The summed E-state index contributed by atoms with van der Waals surface area (Å²) >= 11 is 0. The monoisotopic (exact) mass is 312 g/mol. The number of anilines is 1. The zero-order valence-electron chi connectivity index (χ0n) is 12.9. The van der Waals surface area contributed by atoms with Gasteiger partial charge in [-0.1, -0.05) is 12.1 Å². The fraction of sp³-hybridized carbons (Fsp3) is 0.353. The molecule has 0 bridgehead atoms. The number of aromatic nitrogens is 2. The molecule has 1 aliphatic rings. The number of pyridine rings is 2. The maximum atomic E-state index is 12.0. The molecule has 0 aliphatic carbocycles. The van der Waals surface area contributed by atoms with E-state index < -0.39 is 5.60 Å². The topological polar surface area (TPSA) is 78.4 Å². The van der Waals surface area contributed by atoms with Crippen LogP contribution in [0.1, 0.15) is 18.4 Å². The Bertz CT molecular complexity index is 640. The van der Waals surface area contributed by atoms with E-state index in [1.165, 1.54) is 0 Å². The van der Waals surface area contributed by atoms with Gasteiger partial charge in [0.15, 0.2) is 0 Å². The Morgan fingerprint density at radius 1 is 1.22 bits per heavy atom. The van der Waals surface area contributed by atoms with Gasteiger partial charge in [0, 0.05) is 37.2 Å². The molecule has 120 valence electrons. The van der Waals surface area contributed by atoms with Crippen LogP contribution in [0.15, 0.2) is 48.9 Å². The van der Waals surface area contributed by atoms with Crippen LogP contribution in [-0.4, -0.2) is 45.5 Å². The van der Waals surface area contributed by atoms with Crippen molar-refractivity contribution < 1.29 is 9.90 Å². The first kappa shape index (κ1) is 15.6. The van der Waals surface area contributed by atoms with Crippen LogP contribution in [0.25, 0.3) is 0 Å². The fourth-order valence-corrected chi connectivity index (χ4v) is 2.83. The molecule has 0 spiro atoms. The highest BCUT2D eigenvalue weighted by Gasteiger charge is 2.34.